The van der Waals surface area contributed by atoms with Crippen LogP contribution in [-0.4, -0.2) is 18.3 Å². The minimum atomic E-state index is 0.269. The first-order valence-corrected chi connectivity index (χ1v) is 6.63. The number of carbonyl (C=O) groups is 1. The molecular formula is C12H22ClNO. The molecule has 3 heteroatoms. The molecule has 1 aliphatic carbocycles. The summed E-state index contributed by atoms with van der Waals surface area (Å²) in [4.78, 5) is 11.8. The van der Waals surface area contributed by atoms with E-state index in [1.165, 1.54) is 12.8 Å². The van der Waals surface area contributed by atoms with Crippen LogP contribution < -0.4 is 5.32 Å². The number of halogens is 1. The average Bonchev–Trinajstić information content (AvgIpc) is 2.64. The second kappa shape index (κ2) is 7.10. The van der Waals surface area contributed by atoms with Crippen LogP contribution in [0, 0.1) is 11.8 Å². The molecule has 1 N–H and O–H groups in total. The maximum atomic E-state index is 11.8. The summed E-state index contributed by atoms with van der Waals surface area (Å²) in [5.74, 6) is 1.85. The summed E-state index contributed by atoms with van der Waals surface area (Å²) in [5.41, 5.74) is 0. The normalized spacial score (nSPS) is 25.5. The molecule has 0 heterocycles. The fraction of sp³-hybridized carbons (Fsp3) is 0.917. The van der Waals surface area contributed by atoms with Crippen molar-refractivity contribution in [3.05, 3.63) is 0 Å². The molecule has 2 unspecified atom stereocenters. The molecule has 1 aliphatic rings. The highest BCUT2D eigenvalue weighted by Gasteiger charge is 2.29. The van der Waals surface area contributed by atoms with E-state index in [9.17, 15) is 4.79 Å². The van der Waals surface area contributed by atoms with Crippen molar-refractivity contribution >= 4 is 17.5 Å². The summed E-state index contributed by atoms with van der Waals surface area (Å²) >= 11 is 5.58. The van der Waals surface area contributed by atoms with E-state index in [1.54, 1.807) is 0 Å². The van der Waals surface area contributed by atoms with E-state index < -0.39 is 0 Å². The summed E-state index contributed by atoms with van der Waals surface area (Å²) in [6.07, 6.45) is 6.73. The van der Waals surface area contributed by atoms with Gasteiger partial charge in [-0.2, -0.15) is 0 Å². The molecule has 0 spiro atoms. The molecule has 0 aromatic heterocycles. The largest absolute Gasteiger partial charge is 0.356 e. The first kappa shape index (κ1) is 12.8. The Kier molecular flexibility index (Phi) is 6.07. The van der Waals surface area contributed by atoms with Crippen LogP contribution in [0.2, 0.25) is 0 Å². The molecule has 88 valence electrons. The molecule has 0 bridgehead atoms. The van der Waals surface area contributed by atoms with Gasteiger partial charge in [-0.05, 0) is 31.6 Å². The molecule has 0 aliphatic heterocycles. The number of rotatable bonds is 6. The van der Waals surface area contributed by atoms with Crippen molar-refractivity contribution in [2.75, 3.05) is 12.4 Å². The minimum absolute atomic E-state index is 0.269. The summed E-state index contributed by atoms with van der Waals surface area (Å²) in [5, 5.41) is 3.03. The van der Waals surface area contributed by atoms with Gasteiger partial charge in [0.15, 0.2) is 0 Å². The van der Waals surface area contributed by atoms with E-state index in [0.29, 0.717) is 5.92 Å². The third-order valence-corrected chi connectivity index (χ3v) is 3.58. The molecule has 1 rings (SSSR count). The Morgan fingerprint density at radius 1 is 1.33 bits per heavy atom. The smallest absolute Gasteiger partial charge is 0.223 e. The van der Waals surface area contributed by atoms with Crippen molar-refractivity contribution in [1.82, 2.24) is 5.32 Å². The fourth-order valence-electron chi connectivity index (χ4n) is 2.27. The molecule has 1 amide bonds. The van der Waals surface area contributed by atoms with E-state index >= 15 is 0 Å². The molecule has 15 heavy (non-hydrogen) atoms. The van der Waals surface area contributed by atoms with Crippen molar-refractivity contribution in [3.8, 4) is 0 Å². The van der Waals surface area contributed by atoms with E-state index in [4.69, 9.17) is 11.6 Å². The van der Waals surface area contributed by atoms with Crippen molar-refractivity contribution in [1.29, 1.82) is 0 Å². The summed E-state index contributed by atoms with van der Waals surface area (Å²) in [7, 11) is 0. The predicted octanol–water partition coefficient (Wildman–Crippen LogP) is 2.95. The Hall–Kier alpha value is -0.240. The summed E-state index contributed by atoms with van der Waals surface area (Å²) < 4.78 is 0. The van der Waals surface area contributed by atoms with Gasteiger partial charge in [0.1, 0.15) is 0 Å². The van der Waals surface area contributed by atoms with Crippen molar-refractivity contribution in [2.24, 2.45) is 11.8 Å². The zero-order valence-corrected chi connectivity index (χ0v) is 10.4. The predicted molar refractivity (Wildman–Crippen MR) is 64.1 cm³/mol. The van der Waals surface area contributed by atoms with Gasteiger partial charge in [0, 0.05) is 18.3 Å². The lowest BCUT2D eigenvalue weighted by molar-refractivity contribution is -0.125. The van der Waals surface area contributed by atoms with Crippen molar-refractivity contribution < 1.29 is 4.79 Å². The molecule has 0 radical (unpaired) electrons. The molecule has 2 nitrogen and oxygen atoms in total. The Balaban J connectivity index is 2.08. The molecular weight excluding hydrogens is 210 g/mol. The monoisotopic (exact) mass is 231 g/mol. The highest BCUT2D eigenvalue weighted by atomic mass is 35.5. The number of hydrogen-bond acceptors (Lipinski definition) is 1. The highest BCUT2D eigenvalue weighted by Crippen LogP contribution is 2.31. The summed E-state index contributed by atoms with van der Waals surface area (Å²) in [6, 6.07) is 0. The van der Waals surface area contributed by atoms with Gasteiger partial charge in [-0.15, -0.1) is 11.6 Å². The van der Waals surface area contributed by atoms with E-state index in [2.05, 4.69) is 12.2 Å². The lowest BCUT2D eigenvalue weighted by Crippen LogP contribution is -2.32. The molecule has 0 aromatic carbocycles. The lowest BCUT2D eigenvalue weighted by atomic mass is 9.97. The van der Waals surface area contributed by atoms with Gasteiger partial charge < -0.3 is 5.32 Å². The fourth-order valence-corrected chi connectivity index (χ4v) is 2.46. The second-order valence-electron chi connectivity index (χ2n) is 4.56. The van der Waals surface area contributed by atoms with E-state index in [1.807, 2.05) is 0 Å². The Labute approximate surface area is 97.8 Å². The van der Waals surface area contributed by atoms with Gasteiger partial charge in [-0.1, -0.05) is 19.8 Å². The van der Waals surface area contributed by atoms with E-state index in [0.717, 1.165) is 38.1 Å². The van der Waals surface area contributed by atoms with Gasteiger partial charge in [0.2, 0.25) is 5.91 Å². The number of carbonyl (C=O) groups excluding carboxylic acids is 1. The van der Waals surface area contributed by atoms with Crippen LogP contribution in [0.25, 0.3) is 0 Å². The maximum absolute atomic E-state index is 11.8. The Bertz CT molecular complexity index is 196. The van der Waals surface area contributed by atoms with Crippen LogP contribution in [0.3, 0.4) is 0 Å². The number of unbranched alkanes of at least 4 members (excludes halogenated alkanes) is 2. The third-order valence-electron chi connectivity index (χ3n) is 3.31. The number of alkyl halides is 1. The van der Waals surface area contributed by atoms with Gasteiger partial charge in [-0.3, -0.25) is 4.79 Å². The van der Waals surface area contributed by atoms with Gasteiger partial charge in [0.05, 0.1) is 0 Å². The Morgan fingerprint density at radius 3 is 2.73 bits per heavy atom. The second-order valence-corrected chi connectivity index (χ2v) is 4.93. The van der Waals surface area contributed by atoms with Crippen LogP contribution >= 0.6 is 11.6 Å². The Morgan fingerprint density at radius 2 is 2.13 bits per heavy atom. The lowest BCUT2D eigenvalue weighted by Gasteiger charge is -2.14. The first-order valence-electron chi connectivity index (χ1n) is 6.09. The SMILES string of the molecule is CC1CCCC1C(=O)NCCCCCCl. The van der Waals surface area contributed by atoms with Gasteiger partial charge in [-0.25, -0.2) is 0 Å². The van der Waals surface area contributed by atoms with Crippen LogP contribution in [0.4, 0.5) is 0 Å². The zero-order chi connectivity index (χ0) is 11.1. The number of nitrogens with one attached hydrogen (secondary N) is 1. The zero-order valence-electron chi connectivity index (χ0n) is 9.60. The quantitative estimate of drug-likeness (QED) is 0.553. The van der Waals surface area contributed by atoms with E-state index in [-0.39, 0.29) is 11.8 Å². The van der Waals surface area contributed by atoms with Crippen molar-refractivity contribution in [2.45, 2.75) is 45.4 Å². The molecule has 1 fully saturated rings. The summed E-state index contributed by atoms with van der Waals surface area (Å²) in [6.45, 7) is 3.00. The minimum Gasteiger partial charge on any atom is -0.356 e. The van der Waals surface area contributed by atoms with Crippen LogP contribution in [0.1, 0.15) is 45.4 Å². The topological polar surface area (TPSA) is 29.1 Å². The maximum Gasteiger partial charge on any atom is 0.223 e. The molecule has 0 aromatic rings. The molecule has 1 saturated carbocycles. The molecule has 0 saturated heterocycles. The average molecular weight is 232 g/mol. The standard InChI is InChI=1S/C12H22ClNO/c1-10-6-5-7-11(10)12(15)14-9-4-2-3-8-13/h10-11H,2-9H2,1H3,(H,14,15). The van der Waals surface area contributed by atoms with Crippen molar-refractivity contribution in [3.63, 3.8) is 0 Å². The van der Waals surface area contributed by atoms with Gasteiger partial charge in [0.25, 0.3) is 0 Å². The number of hydrogen-bond donors (Lipinski definition) is 1. The highest BCUT2D eigenvalue weighted by molar-refractivity contribution is 6.17. The molecule has 2 atom stereocenters. The third kappa shape index (κ3) is 4.42. The van der Waals surface area contributed by atoms with Crippen LogP contribution in [0.5, 0.6) is 0 Å². The van der Waals surface area contributed by atoms with Crippen LogP contribution in [0.15, 0.2) is 0 Å². The number of amides is 1. The first-order chi connectivity index (χ1) is 7.25. The van der Waals surface area contributed by atoms with Gasteiger partial charge >= 0.3 is 0 Å². The van der Waals surface area contributed by atoms with Crippen LogP contribution in [-0.2, 0) is 4.79 Å².